The SMILES string of the molecule is CCOC(=O)[C@@H](C)Oc1ccc(/C=N/NC(=O)c2ccc(COc3ccc(-n4c(C)ccc4C)cc3)o2)cc1. The van der Waals surface area contributed by atoms with Gasteiger partial charge in [0.2, 0.25) is 0 Å². The molecule has 4 aromatic rings. The fraction of sp³-hybridized carbons (Fsp3) is 0.233. The van der Waals surface area contributed by atoms with Crippen molar-refractivity contribution in [1.82, 2.24) is 9.99 Å². The number of nitrogens with one attached hydrogen (secondary N) is 1. The van der Waals surface area contributed by atoms with Crippen molar-refractivity contribution in [2.45, 2.75) is 40.4 Å². The summed E-state index contributed by atoms with van der Waals surface area (Å²) in [6.07, 6.45) is 0.778. The van der Waals surface area contributed by atoms with Crippen molar-refractivity contribution in [3.8, 4) is 17.2 Å². The second kappa shape index (κ2) is 12.6. The molecular weight excluding hydrogens is 498 g/mol. The second-order valence-electron chi connectivity index (χ2n) is 8.78. The first-order chi connectivity index (χ1) is 18.8. The zero-order valence-electron chi connectivity index (χ0n) is 22.3. The highest BCUT2D eigenvalue weighted by molar-refractivity contribution is 5.92. The van der Waals surface area contributed by atoms with Crippen LogP contribution >= 0.6 is 0 Å². The first kappa shape index (κ1) is 27.3. The number of hydrogen-bond donors (Lipinski definition) is 1. The summed E-state index contributed by atoms with van der Waals surface area (Å²) in [7, 11) is 0. The Bertz CT molecular complexity index is 1410. The third-order valence-corrected chi connectivity index (χ3v) is 5.82. The summed E-state index contributed by atoms with van der Waals surface area (Å²) in [6.45, 7) is 7.98. The average Bonchev–Trinajstić information content (AvgIpc) is 3.55. The smallest absolute Gasteiger partial charge is 0.347 e. The molecule has 9 heteroatoms. The van der Waals surface area contributed by atoms with E-state index < -0.39 is 18.0 Å². The van der Waals surface area contributed by atoms with Gasteiger partial charge in [-0.3, -0.25) is 4.79 Å². The molecule has 0 saturated carbocycles. The van der Waals surface area contributed by atoms with E-state index in [1.807, 2.05) is 24.3 Å². The lowest BCUT2D eigenvalue weighted by atomic mass is 10.2. The molecule has 2 aromatic carbocycles. The number of esters is 1. The Balaban J connectivity index is 1.25. The highest BCUT2D eigenvalue weighted by atomic mass is 16.6. The summed E-state index contributed by atoms with van der Waals surface area (Å²) >= 11 is 0. The summed E-state index contributed by atoms with van der Waals surface area (Å²) in [5.41, 5.74) is 6.56. The van der Waals surface area contributed by atoms with Crippen molar-refractivity contribution in [2.24, 2.45) is 5.10 Å². The predicted octanol–water partition coefficient (Wildman–Crippen LogP) is 5.36. The van der Waals surface area contributed by atoms with Crippen LogP contribution in [-0.2, 0) is 16.1 Å². The molecule has 0 radical (unpaired) electrons. The van der Waals surface area contributed by atoms with E-state index in [-0.39, 0.29) is 12.4 Å². The van der Waals surface area contributed by atoms with Crippen LogP contribution in [0.15, 0.2) is 82.3 Å². The molecule has 0 aliphatic heterocycles. The number of hydrazone groups is 1. The van der Waals surface area contributed by atoms with Gasteiger partial charge in [0.1, 0.15) is 23.9 Å². The lowest BCUT2D eigenvalue weighted by Gasteiger charge is -2.13. The standard InChI is InChI=1S/C30H31N3O6/c1-5-36-30(35)22(4)38-26-12-8-23(9-13-26)18-31-32-29(34)28-17-16-27(39-28)19-37-25-14-10-24(11-15-25)33-20(2)6-7-21(33)3/h6-18,22H,5,19H2,1-4H3,(H,32,34)/b31-18+/t22-/m1/s1. The van der Waals surface area contributed by atoms with Crippen molar-refractivity contribution < 1.29 is 28.2 Å². The highest BCUT2D eigenvalue weighted by Crippen LogP contribution is 2.21. The summed E-state index contributed by atoms with van der Waals surface area (Å²) in [4.78, 5) is 24.1. The number of aromatic nitrogens is 1. The van der Waals surface area contributed by atoms with Crippen LogP contribution in [0, 0.1) is 13.8 Å². The Morgan fingerprint density at radius 3 is 2.28 bits per heavy atom. The Morgan fingerprint density at radius 1 is 0.949 bits per heavy atom. The number of ether oxygens (including phenoxy) is 3. The molecule has 202 valence electrons. The molecule has 0 bridgehead atoms. The quantitative estimate of drug-likeness (QED) is 0.159. The van der Waals surface area contributed by atoms with Crippen LogP contribution in [0.4, 0.5) is 0 Å². The van der Waals surface area contributed by atoms with Gasteiger partial charge < -0.3 is 23.2 Å². The zero-order chi connectivity index (χ0) is 27.8. The van der Waals surface area contributed by atoms with Gasteiger partial charge in [0, 0.05) is 17.1 Å². The summed E-state index contributed by atoms with van der Waals surface area (Å²) in [5, 5.41) is 3.97. The molecule has 2 heterocycles. The highest BCUT2D eigenvalue weighted by Gasteiger charge is 2.15. The van der Waals surface area contributed by atoms with E-state index in [0.29, 0.717) is 23.9 Å². The fourth-order valence-corrected chi connectivity index (χ4v) is 3.86. The third-order valence-electron chi connectivity index (χ3n) is 5.82. The minimum Gasteiger partial charge on any atom is -0.486 e. The van der Waals surface area contributed by atoms with Crippen LogP contribution in [0.25, 0.3) is 5.69 Å². The van der Waals surface area contributed by atoms with Crippen molar-refractivity contribution >= 4 is 18.1 Å². The van der Waals surface area contributed by atoms with Gasteiger partial charge in [0.25, 0.3) is 0 Å². The molecule has 0 unspecified atom stereocenters. The van der Waals surface area contributed by atoms with Gasteiger partial charge in [-0.15, -0.1) is 0 Å². The minimum absolute atomic E-state index is 0.122. The number of carbonyl (C=O) groups excluding carboxylic acids is 2. The van der Waals surface area contributed by atoms with E-state index in [1.54, 1.807) is 50.2 Å². The minimum atomic E-state index is -0.711. The number of carbonyl (C=O) groups is 2. The molecule has 2 aromatic heterocycles. The van der Waals surface area contributed by atoms with E-state index in [0.717, 1.165) is 22.6 Å². The Kier molecular flexibility index (Phi) is 8.83. The first-order valence-electron chi connectivity index (χ1n) is 12.6. The van der Waals surface area contributed by atoms with Crippen LogP contribution in [0.5, 0.6) is 11.5 Å². The van der Waals surface area contributed by atoms with Crippen molar-refractivity contribution in [1.29, 1.82) is 0 Å². The van der Waals surface area contributed by atoms with Gasteiger partial charge in [-0.2, -0.15) is 5.10 Å². The number of rotatable bonds is 11. The summed E-state index contributed by atoms with van der Waals surface area (Å²) in [5.74, 6) is 0.937. The second-order valence-corrected chi connectivity index (χ2v) is 8.78. The maximum atomic E-state index is 12.4. The van der Waals surface area contributed by atoms with E-state index in [4.69, 9.17) is 18.6 Å². The molecule has 1 N–H and O–H groups in total. The summed E-state index contributed by atoms with van der Waals surface area (Å²) < 4.78 is 24.1. The maximum absolute atomic E-state index is 12.4. The Labute approximate surface area is 227 Å². The van der Waals surface area contributed by atoms with Crippen molar-refractivity contribution in [2.75, 3.05) is 6.61 Å². The van der Waals surface area contributed by atoms with Gasteiger partial charge in [-0.1, -0.05) is 0 Å². The topological polar surface area (TPSA) is 104 Å². The van der Waals surface area contributed by atoms with Crippen LogP contribution in [0.2, 0.25) is 0 Å². The predicted molar refractivity (Wildman–Crippen MR) is 147 cm³/mol. The number of amides is 1. The number of furan rings is 1. The zero-order valence-corrected chi connectivity index (χ0v) is 22.3. The molecule has 0 saturated heterocycles. The number of aryl methyl sites for hydroxylation is 2. The van der Waals surface area contributed by atoms with E-state index >= 15 is 0 Å². The van der Waals surface area contributed by atoms with Gasteiger partial charge in [-0.05, 0) is 106 Å². The van der Waals surface area contributed by atoms with Gasteiger partial charge >= 0.3 is 11.9 Å². The molecule has 1 amide bonds. The molecule has 0 aliphatic rings. The lowest BCUT2D eigenvalue weighted by molar-refractivity contribution is -0.150. The van der Waals surface area contributed by atoms with E-state index in [2.05, 4.69) is 41.1 Å². The third kappa shape index (κ3) is 7.16. The van der Waals surface area contributed by atoms with Gasteiger partial charge in [0.15, 0.2) is 11.9 Å². The molecule has 0 fully saturated rings. The molecule has 1 atom stereocenters. The molecule has 39 heavy (non-hydrogen) atoms. The maximum Gasteiger partial charge on any atom is 0.347 e. The van der Waals surface area contributed by atoms with Crippen LogP contribution in [0.1, 0.15) is 47.1 Å². The van der Waals surface area contributed by atoms with Crippen LogP contribution < -0.4 is 14.9 Å². The van der Waals surface area contributed by atoms with Crippen LogP contribution in [-0.4, -0.2) is 35.4 Å². The summed E-state index contributed by atoms with van der Waals surface area (Å²) in [6, 6.07) is 22.1. The number of nitrogens with zero attached hydrogens (tertiary/aromatic N) is 2. The molecule has 9 nitrogen and oxygen atoms in total. The fourth-order valence-electron chi connectivity index (χ4n) is 3.86. The van der Waals surface area contributed by atoms with Crippen molar-refractivity contribution in [3.63, 3.8) is 0 Å². The van der Waals surface area contributed by atoms with E-state index in [1.165, 1.54) is 6.21 Å². The molecule has 0 aliphatic carbocycles. The normalized spacial score (nSPS) is 11.8. The first-order valence-corrected chi connectivity index (χ1v) is 12.6. The van der Waals surface area contributed by atoms with Gasteiger partial charge in [0.05, 0.1) is 12.8 Å². The Hall–Kier alpha value is -4.79. The average molecular weight is 530 g/mol. The van der Waals surface area contributed by atoms with Gasteiger partial charge in [-0.25, -0.2) is 10.2 Å². The molecule has 0 spiro atoms. The largest absolute Gasteiger partial charge is 0.486 e. The monoisotopic (exact) mass is 529 g/mol. The Morgan fingerprint density at radius 2 is 1.62 bits per heavy atom. The molecule has 4 rings (SSSR count). The number of benzene rings is 2. The number of hydrogen-bond acceptors (Lipinski definition) is 7. The van der Waals surface area contributed by atoms with Crippen molar-refractivity contribution in [3.05, 3.63) is 101 Å². The van der Waals surface area contributed by atoms with Crippen LogP contribution in [0.3, 0.4) is 0 Å². The van der Waals surface area contributed by atoms with E-state index in [9.17, 15) is 9.59 Å². The lowest BCUT2D eigenvalue weighted by Crippen LogP contribution is -2.26. The molecular formula is C30H31N3O6.